The summed E-state index contributed by atoms with van der Waals surface area (Å²) >= 11 is 0. The third-order valence-corrected chi connectivity index (χ3v) is 5.39. The summed E-state index contributed by atoms with van der Waals surface area (Å²) in [6.45, 7) is 2.50. The molecule has 140 valence electrons. The lowest BCUT2D eigenvalue weighted by atomic mass is 10.1. The molecule has 2 aromatic carbocycles. The zero-order valence-electron chi connectivity index (χ0n) is 15.3. The third-order valence-electron chi connectivity index (χ3n) is 5.39. The molecule has 0 saturated carbocycles. The lowest BCUT2D eigenvalue weighted by Gasteiger charge is -2.29. The normalized spacial score (nSPS) is 19.7. The van der Waals surface area contributed by atoms with Gasteiger partial charge >= 0.3 is 0 Å². The monoisotopic (exact) mass is 364 g/mol. The van der Waals surface area contributed by atoms with Crippen molar-refractivity contribution in [3.63, 3.8) is 0 Å². The number of aryl methyl sites for hydroxylation is 1. The molecule has 1 fully saturated rings. The molecule has 1 saturated heterocycles. The van der Waals surface area contributed by atoms with Crippen LogP contribution in [0.25, 0.3) is 0 Å². The van der Waals surface area contributed by atoms with E-state index in [1.807, 2.05) is 30.3 Å². The minimum atomic E-state index is -0.230. The maximum atomic E-state index is 12.5. The Labute approximate surface area is 159 Å². The van der Waals surface area contributed by atoms with Gasteiger partial charge in [-0.2, -0.15) is 0 Å². The third kappa shape index (κ3) is 4.10. The standard InChI is InChI=1S/C22H24N2O3/c25-19-2-1-11-24(14-19)13-15-3-5-16(6-4-15)22(27)23-18-8-9-20-17(12-18)7-10-21(20)26/h3-6,8-9,12,19,25H,1-2,7,10-11,13-14H2,(H,23,27)/t19-/m1/s1. The molecule has 4 rings (SSSR count). The van der Waals surface area contributed by atoms with Gasteiger partial charge in [-0.05, 0) is 67.3 Å². The van der Waals surface area contributed by atoms with Gasteiger partial charge in [0.05, 0.1) is 6.10 Å². The van der Waals surface area contributed by atoms with Crippen LogP contribution in [0.3, 0.4) is 0 Å². The Morgan fingerprint density at radius 3 is 2.74 bits per heavy atom. The van der Waals surface area contributed by atoms with Gasteiger partial charge in [0.15, 0.2) is 5.78 Å². The van der Waals surface area contributed by atoms with Crippen LogP contribution in [0, 0.1) is 0 Å². The van der Waals surface area contributed by atoms with Crippen molar-refractivity contribution in [2.24, 2.45) is 0 Å². The van der Waals surface area contributed by atoms with Gasteiger partial charge < -0.3 is 10.4 Å². The van der Waals surface area contributed by atoms with Crippen molar-refractivity contribution >= 4 is 17.4 Å². The molecular weight excluding hydrogens is 340 g/mol. The lowest BCUT2D eigenvalue weighted by molar-refractivity contribution is 0.0668. The number of fused-ring (bicyclic) bond motifs is 1. The van der Waals surface area contributed by atoms with Crippen molar-refractivity contribution in [1.82, 2.24) is 4.90 Å². The summed E-state index contributed by atoms with van der Waals surface area (Å²) in [5.41, 5.74) is 4.25. The minimum Gasteiger partial charge on any atom is -0.392 e. The van der Waals surface area contributed by atoms with Gasteiger partial charge in [0.2, 0.25) is 0 Å². The van der Waals surface area contributed by atoms with Gasteiger partial charge in [-0.3, -0.25) is 14.5 Å². The van der Waals surface area contributed by atoms with Crippen molar-refractivity contribution < 1.29 is 14.7 Å². The molecule has 0 unspecified atom stereocenters. The number of nitrogens with zero attached hydrogens (tertiary/aromatic N) is 1. The minimum absolute atomic E-state index is 0.154. The van der Waals surface area contributed by atoms with Crippen molar-refractivity contribution in [2.75, 3.05) is 18.4 Å². The highest BCUT2D eigenvalue weighted by Gasteiger charge is 2.20. The molecule has 0 spiro atoms. The fraction of sp³-hybridized carbons (Fsp3) is 0.364. The second kappa shape index (κ2) is 7.62. The van der Waals surface area contributed by atoms with Crippen LogP contribution in [0.1, 0.15) is 51.1 Å². The number of likely N-dealkylation sites (tertiary alicyclic amines) is 1. The Morgan fingerprint density at radius 2 is 1.96 bits per heavy atom. The first-order chi connectivity index (χ1) is 13.1. The molecule has 27 heavy (non-hydrogen) atoms. The van der Waals surface area contributed by atoms with Crippen LogP contribution in [-0.2, 0) is 13.0 Å². The highest BCUT2D eigenvalue weighted by molar-refractivity contribution is 6.05. The van der Waals surface area contributed by atoms with Crippen LogP contribution in [0.5, 0.6) is 0 Å². The number of aliphatic hydroxyl groups is 1. The molecule has 1 heterocycles. The van der Waals surface area contributed by atoms with Crippen LogP contribution in [0.2, 0.25) is 0 Å². The fourth-order valence-electron chi connectivity index (χ4n) is 3.93. The number of piperidine rings is 1. The van der Waals surface area contributed by atoms with Crippen LogP contribution in [0.4, 0.5) is 5.69 Å². The second-order valence-corrected chi connectivity index (χ2v) is 7.48. The van der Waals surface area contributed by atoms with Gasteiger partial charge in [0.25, 0.3) is 5.91 Å². The summed E-state index contributed by atoms with van der Waals surface area (Å²) in [6, 6.07) is 13.1. The predicted molar refractivity (Wildman–Crippen MR) is 104 cm³/mol. The summed E-state index contributed by atoms with van der Waals surface area (Å²) < 4.78 is 0. The van der Waals surface area contributed by atoms with E-state index >= 15 is 0 Å². The molecule has 1 aliphatic heterocycles. The van der Waals surface area contributed by atoms with E-state index in [1.54, 1.807) is 12.1 Å². The molecule has 0 radical (unpaired) electrons. The zero-order chi connectivity index (χ0) is 18.8. The van der Waals surface area contributed by atoms with Gasteiger partial charge in [0.1, 0.15) is 0 Å². The number of carbonyl (C=O) groups is 2. The Balaban J connectivity index is 1.38. The molecule has 0 aromatic heterocycles. The van der Waals surface area contributed by atoms with Gasteiger partial charge in [0, 0.05) is 36.3 Å². The van der Waals surface area contributed by atoms with E-state index in [4.69, 9.17) is 0 Å². The molecule has 2 N–H and O–H groups in total. The van der Waals surface area contributed by atoms with Crippen molar-refractivity contribution in [3.05, 3.63) is 64.7 Å². The molecule has 1 aliphatic carbocycles. The smallest absolute Gasteiger partial charge is 0.255 e. The first kappa shape index (κ1) is 17.9. The summed E-state index contributed by atoms with van der Waals surface area (Å²) in [5.74, 6) is 0.0268. The van der Waals surface area contributed by atoms with E-state index in [9.17, 15) is 14.7 Å². The number of hydrogen-bond acceptors (Lipinski definition) is 4. The number of benzene rings is 2. The fourth-order valence-corrected chi connectivity index (χ4v) is 3.93. The van der Waals surface area contributed by atoms with E-state index < -0.39 is 0 Å². The number of nitrogens with one attached hydrogen (secondary N) is 1. The van der Waals surface area contributed by atoms with E-state index in [2.05, 4.69) is 10.2 Å². The number of hydrogen-bond donors (Lipinski definition) is 2. The predicted octanol–water partition coefficient (Wildman–Crippen LogP) is 3.02. The van der Waals surface area contributed by atoms with Gasteiger partial charge in [-0.25, -0.2) is 0 Å². The Kier molecular flexibility index (Phi) is 5.05. The van der Waals surface area contributed by atoms with Crippen LogP contribution >= 0.6 is 0 Å². The summed E-state index contributed by atoms with van der Waals surface area (Å²) in [6.07, 6.45) is 2.98. The van der Waals surface area contributed by atoms with E-state index in [1.165, 1.54) is 0 Å². The number of ketones is 1. The molecule has 5 heteroatoms. The maximum Gasteiger partial charge on any atom is 0.255 e. The van der Waals surface area contributed by atoms with E-state index in [0.29, 0.717) is 18.5 Å². The van der Waals surface area contributed by atoms with Crippen molar-refractivity contribution in [3.8, 4) is 0 Å². The number of amides is 1. The molecular formula is C22H24N2O3. The largest absolute Gasteiger partial charge is 0.392 e. The van der Waals surface area contributed by atoms with Crippen LogP contribution in [-0.4, -0.2) is 40.9 Å². The average molecular weight is 364 g/mol. The number of aliphatic hydroxyl groups excluding tert-OH is 1. The number of Topliss-reactive ketones (excluding diaryl/α,β-unsaturated/α-hetero) is 1. The topological polar surface area (TPSA) is 69.6 Å². The average Bonchev–Trinajstić information content (AvgIpc) is 3.03. The van der Waals surface area contributed by atoms with Gasteiger partial charge in [-0.1, -0.05) is 12.1 Å². The van der Waals surface area contributed by atoms with Gasteiger partial charge in [-0.15, -0.1) is 0 Å². The highest BCUT2D eigenvalue weighted by Crippen LogP contribution is 2.25. The van der Waals surface area contributed by atoms with E-state index in [0.717, 1.165) is 54.7 Å². The first-order valence-electron chi connectivity index (χ1n) is 9.55. The number of carbonyl (C=O) groups excluding carboxylic acids is 2. The quantitative estimate of drug-likeness (QED) is 0.875. The molecule has 2 aromatic rings. The first-order valence-corrected chi connectivity index (χ1v) is 9.55. The molecule has 0 bridgehead atoms. The molecule has 1 atom stereocenters. The van der Waals surface area contributed by atoms with E-state index in [-0.39, 0.29) is 17.8 Å². The Bertz CT molecular complexity index is 860. The summed E-state index contributed by atoms with van der Waals surface area (Å²) in [5, 5.41) is 12.7. The second-order valence-electron chi connectivity index (χ2n) is 7.48. The summed E-state index contributed by atoms with van der Waals surface area (Å²) in [4.78, 5) is 26.5. The van der Waals surface area contributed by atoms with Crippen molar-refractivity contribution in [1.29, 1.82) is 0 Å². The molecule has 1 amide bonds. The zero-order valence-corrected chi connectivity index (χ0v) is 15.3. The lowest BCUT2D eigenvalue weighted by Crippen LogP contribution is -2.37. The Morgan fingerprint density at radius 1 is 1.15 bits per heavy atom. The van der Waals surface area contributed by atoms with Crippen molar-refractivity contribution in [2.45, 2.75) is 38.3 Å². The van der Waals surface area contributed by atoms with Crippen LogP contribution < -0.4 is 5.32 Å². The maximum absolute atomic E-state index is 12.5. The van der Waals surface area contributed by atoms with Crippen LogP contribution in [0.15, 0.2) is 42.5 Å². The molecule has 5 nitrogen and oxygen atoms in total. The Hall–Kier alpha value is -2.50. The number of anilines is 1. The summed E-state index contributed by atoms with van der Waals surface area (Å²) in [7, 11) is 0. The number of rotatable bonds is 4. The molecule has 2 aliphatic rings. The SMILES string of the molecule is O=C(Nc1ccc2c(c1)CCC2=O)c1ccc(CN2CCC[C@@H](O)C2)cc1. The number of β-amino-alcohol motifs (C(OH)–C–C–N with tert-alkyl or cyclic N) is 1. The highest BCUT2D eigenvalue weighted by atomic mass is 16.3.